The van der Waals surface area contributed by atoms with Crippen molar-refractivity contribution in [3.63, 3.8) is 0 Å². The molecule has 0 radical (unpaired) electrons. The molecule has 1 aliphatic rings. The fourth-order valence-electron chi connectivity index (χ4n) is 3.00. The van der Waals surface area contributed by atoms with E-state index in [2.05, 4.69) is 4.98 Å². The lowest BCUT2D eigenvalue weighted by Crippen LogP contribution is -2.43. The number of halogens is 4. The number of aromatic nitrogens is 1. The van der Waals surface area contributed by atoms with Gasteiger partial charge in [-0.1, -0.05) is 53.5 Å². The topological polar surface area (TPSA) is 59.4 Å². The van der Waals surface area contributed by atoms with Gasteiger partial charge in [0.1, 0.15) is 0 Å². The molecule has 8 heteroatoms. The molecule has 2 aromatic rings. The van der Waals surface area contributed by atoms with Gasteiger partial charge in [-0.15, -0.1) is 0 Å². The Hall–Kier alpha value is -1.60. The molecule has 2 atom stereocenters. The maximum absolute atomic E-state index is 14.3. The number of Topliss-reactive ketones (excluding diaryl/α,β-unsaturated/α-hetero) is 1. The van der Waals surface area contributed by atoms with Crippen molar-refractivity contribution >= 4 is 29.0 Å². The smallest absolute Gasteiger partial charge is 0.198 e. The third-order valence-corrected chi connectivity index (χ3v) is 5.31. The predicted molar refractivity (Wildman–Crippen MR) is 103 cm³/mol. The van der Waals surface area contributed by atoms with E-state index >= 15 is 0 Å². The second-order valence-electron chi connectivity index (χ2n) is 6.84. The highest BCUT2D eigenvalue weighted by molar-refractivity contribution is 6.53. The first-order valence-corrected chi connectivity index (χ1v) is 9.60. The van der Waals surface area contributed by atoms with Crippen molar-refractivity contribution in [2.75, 3.05) is 19.9 Å². The molecule has 1 saturated heterocycles. The van der Waals surface area contributed by atoms with Crippen molar-refractivity contribution in [2.45, 2.75) is 23.0 Å². The molecule has 0 amide bonds. The van der Waals surface area contributed by atoms with E-state index in [9.17, 15) is 18.7 Å². The molecule has 2 heterocycles. The number of nitrogens with zero attached hydrogens (tertiary/aromatic N) is 1. The van der Waals surface area contributed by atoms with Crippen molar-refractivity contribution in [1.29, 1.82) is 0 Å². The highest BCUT2D eigenvalue weighted by Crippen LogP contribution is 2.33. The summed E-state index contributed by atoms with van der Waals surface area (Å²) < 4.78 is 32.5. The molecule has 1 aliphatic heterocycles. The van der Waals surface area contributed by atoms with E-state index < -0.39 is 35.0 Å². The van der Waals surface area contributed by atoms with E-state index in [1.807, 2.05) is 0 Å². The average molecular weight is 430 g/mol. The number of hydrogen-bond donors (Lipinski definition) is 1. The second kappa shape index (κ2) is 8.82. The summed E-state index contributed by atoms with van der Waals surface area (Å²) in [5.74, 6) is -1.46. The minimum atomic E-state index is -1.52. The summed E-state index contributed by atoms with van der Waals surface area (Å²) in [4.78, 5) is 14.6. The van der Waals surface area contributed by atoms with Crippen molar-refractivity contribution in [3.8, 4) is 11.1 Å². The molecule has 0 unspecified atom stereocenters. The molecule has 4 nitrogen and oxygen atoms in total. The van der Waals surface area contributed by atoms with Gasteiger partial charge in [-0.3, -0.25) is 14.2 Å². The van der Waals surface area contributed by atoms with Gasteiger partial charge in [0.2, 0.25) is 0 Å². The number of ketones is 1. The van der Waals surface area contributed by atoms with Crippen LogP contribution >= 0.6 is 23.2 Å². The Labute approximate surface area is 171 Å². The van der Waals surface area contributed by atoms with E-state index in [0.29, 0.717) is 11.3 Å². The third-order valence-electron chi connectivity index (χ3n) is 4.82. The summed E-state index contributed by atoms with van der Waals surface area (Å²) in [6.45, 7) is -0.855. The molecular formula is C20H19Cl2F2NO3. The van der Waals surface area contributed by atoms with E-state index in [1.54, 1.807) is 42.6 Å². The first-order valence-electron chi connectivity index (χ1n) is 8.72. The minimum Gasteiger partial charge on any atom is -0.388 e. The van der Waals surface area contributed by atoms with Crippen LogP contribution < -0.4 is 0 Å². The summed E-state index contributed by atoms with van der Waals surface area (Å²) in [5, 5.41) is 10.4. The number of alkyl halides is 4. The van der Waals surface area contributed by atoms with Gasteiger partial charge < -0.3 is 9.84 Å². The summed E-state index contributed by atoms with van der Waals surface area (Å²) in [6, 6.07) is 10.2. The fraction of sp³-hybridized carbons (Fsp3) is 0.400. The quantitative estimate of drug-likeness (QED) is 0.634. The highest BCUT2D eigenvalue weighted by atomic mass is 35.5. The maximum atomic E-state index is 14.3. The van der Waals surface area contributed by atoms with E-state index in [0.717, 1.165) is 11.1 Å². The predicted octanol–water partition coefficient (Wildman–Crippen LogP) is 4.33. The Morgan fingerprint density at radius 3 is 2.29 bits per heavy atom. The number of ether oxygens (including phenoxy) is 1. The zero-order valence-corrected chi connectivity index (χ0v) is 16.3. The molecule has 1 N–H and O–H groups in total. The number of hydrogen-bond acceptors (Lipinski definition) is 4. The van der Waals surface area contributed by atoms with Crippen LogP contribution in [0.5, 0.6) is 0 Å². The Bertz CT molecular complexity index is 811. The molecule has 0 spiro atoms. The van der Waals surface area contributed by atoms with E-state index in [1.165, 1.54) is 0 Å². The molecule has 1 aromatic heterocycles. The zero-order valence-electron chi connectivity index (χ0n) is 14.8. The second-order valence-corrected chi connectivity index (χ2v) is 7.94. The molecule has 28 heavy (non-hydrogen) atoms. The van der Waals surface area contributed by atoms with Crippen LogP contribution in [0.2, 0.25) is 0 Å². The van der Waals surface area contributed by atoms with Crippen LogP contribution in [-0.2, 0) is 15.2 Å². The van der Waals surface area contributed by atoms with Gasteiger partial charge in [-0.25, -0.2) is 4.39 Å². The van der Waals surface area contributed by atoms with Gasteiger partial charge in [-0.05, 0) is 17.2 Å². The van der Waals surface area contributed by atoms with Crippen LogP contribution in [0.15, 0.2) is 42.6 Å². The zero-order chi connectivity index (χ0) is 20.3. The molecule has 0 saturated carbocycles. The summed E-state index contributed by atoms with van der Waals surface area (Å²) in [7, 11) is 0. The molecule has 0 aliphatic carbocycles. The monoisotopic (exact) mass is 429 g/mol. The largest absolute Gasteiger partial charge is 0.388 e. The summed E-state index contributed by atoms with van der Waals surface area (Å²) in [5.41, 5.74) is 0.872. The number of aliphatic hydroxyl groups excluding tert-OH is 1. The lowest BCUT2D eigenvalue weighted by atomic mass is 9.91. The molecule has 0 bridgehead atoms. The van der Waals surface area contributed by atoms with Crippen molar-refractivity contribution in [1.82, 2.24) is 4.98 Å². The van der Waals surface area contributed by atoms with Gasteiger partial charge in [0, 0.05) is 24.1 Å². The molecule has 1 aromatic carbocycles. The number of aliphatic hydroxyl groups is 1. The normalized spacial score (nSPS) is 17.8. The maximum Gasteiger partial charge on any atom is 0.198 e. The molecule has 1 fully saturated rings. The first-order chi connectivity index (χ1) is 13.3. The standard InChI is InChI=1S/C20H19Cl2F2NO3/c21-19(22)16(26)7-15(8-23)18(27)13-3-1-12(2-4-13)14-5-6-17(25-9-14)20(24)10-28-11-20/h1-6,9,15,18-19,27H,7-8,10-11H2/t15-,18-/m1/s1. The van der Waals surface area contributed by atoms with Gasteiger partial charge in [-0.2, -0.15) is 0 Å². The first kappa shape index (κ1) is 21.1. The van der Waals surface area contributed by atoms with Gasteiger partial charge in [0.05, 0.1) is 31.7 Å². The Kier molecular flexibility index (Phi) is 6.65. The summed E-state index contributed by atoms with van der Waals surface area (Å²) in [6.07, 6.45) is 0.155. The molecule has 3 rings (SSSR count). The fourth-order valence-corrected chi connectivity index (χ4v) is 3.18. The highest BCUT2D eigenvalue weighted by Gasteiger charge is 2.42. The number of pyridine rings is 1. The van der Waals surface area contributed by atoms with E-state index in [-0.39, 0.29) is 19.6 Å². The van der Waals surface area contributed by atoms with Gasteiger partial charge in [0.15, 0.2) is 16.3 Å². The van der Waals surface area contributed by atoms with Crippen molar-refractivity contribution in [2.24, 2.45) is 5.92 Å². The van der Waals surface area contributed by atoms with Crippen LogP contribution in [0, 0.1) is 5.92 Å². The van der Waals surface area contributed by atoms with Crippen LogP contribution in [0.4, 0.5) is 8.78 Å². The van der Waals surface area contributed by atoms with Crippen LogP contribution in [0.25, 0.3) is 11.1 Å². The molecular weight excluding hydrogens is 411 g/mol. The summed E-state index contributed by atoms with van der Waals surface area (Å²) >= 11 is 11.0. The lowest BCUT2D eigenvalue weighted by Gasteiger charge is -2.32. The van der Waals surface area contributed by atoms with Crippen LogP contribution in [-0.4, -0.2) is 40.6 Å². The van der Waals surface area contributed by atoms with Gasteiger partial charge >= 0.3 is 0 Å². The van der Waals surface area contributed by atoms with Crippen molar-refractivity contribution in [3.05, 3.63) is 53.9 Å². The number of benzene rings is 1. The molecule has 150 valence electrons. The van der Waals surface area contributed by atoms with Crippen LogP contribution in [0.1, 0.15) is 23.8 Å². The third kappa shape index (κ3) is 4.51. The lowest BCUT2D eigenvalue weighted by molar-refractivity contribution is -0.137. The Balaban J connectivity index is 1.71. The SMILES string of the molecule is O=C(C[C@H](CF)[C@H](O)c1ccc(-c2ccc(C3(F)COC3)nc2)cc1)C(Cl)Cl. The number of carbonyl (C=O) groups excluding carboxylic acids is 1. The minimum absolute atomic E-state index is 0.0123. The Morgan fingerprint density at radius 2 is 1.82 bits per heavy atom. The van der Waals surface area contributed by atoms with Crippen molar-refractivity contribution < 1.29 is 23.4 Å². The number of rotatable bonds is 8. The average Bonchev–Trinajstić information content (AvgIpc) is 2.69. The van der Waals surface area contributed by atoms with Gasteiger partial charge in [0.25, 0.3) is 0 Å². The Morgan fingerprint density at radius 1 is 1.18 bits per heavy atom. The van der Waals surface area contributed by atoms with Crippen LogP contribution in [0.3, 0.4) is 0 Å². The van der Waals surface area contributed by atoms with E-state index in [4.69, 9.17) is 27.9 Å². The number of carbonyl (C=O) groups is 1.